The summed E-state index contributed by atoms with van der Waals surface area (Å²) in [6, 6.07) is 1.64. The summed E-state index contributed by atoms with van der Waals surface area (Å²) in [6.07, 6.45) is 3.52. The molecule has 1 aliphatic heterocycles. The highest BCUT2D eigenvalue weighted by molar-refractivity contribution is 5.95. The van der Waals surface area contributed by atoms with E-state index >= 15 is 0 Å². The highest BCUT2D eigenvalue weighted by Crippen LogP contribution is 2.15. The molecule has 1 fully saturated rings. The monoisotopic (exact) mass is 221 g/mol. The highest BCUT2D eigenvalue weighted by Gasteiger charge is 2.21. The highest BCUT2D eigenvalue weighted by atomic mass is 16.7. The van der Waals surface area contributed by atoms with Gasteiger partial charge in [0.1, 0.15) is 0 Å². The zero-order valence-electron chi connectivity index (χ0n) is 9.27. The molecule has 1 amide bonds. The molecule has 2 N–H and O–H groups in total. The van der Waals surface area contributed by atoms with Gasteiger partial charge < -0.3 is 5.73 Å². The maximum Gasteiger partial charge on any atom is 0.279 e. The molecule has 5 nitrogen and oxygen atoms in total. The third-order valence-corrected chi connectivity index (χ3v) is 2.57. The Kier molecular flexibility index (Phi) is 3.05. The summed E-state index contributed by atoms with van der Waals surface area (Å²) in [5.74, 6) is -0.156. The molecular weight excluding hydrogens is 206 g/mol. The number of nitrogens with zero attached hydrogens (tertiary/aromatic N) is 2. The topological polar surface area (TPSA) is 68.5 Å². The maximum atomic E-state index is 12.1. The molecule has 0 aromatic carbocycles. The average Bonchev–Trinajstić information content (AvgIpc) is 2.32. The van der Waals surface area contributed by atoms with Crippen molar-refractivity contribution in [1.82, 2.24) is 10.0 Å². The van der Waals surface area contributed by atoms with E-state index in [1.165, 1.54) is 5.06 Å². The van der Waals surface area contributed by atoms with E-state index in [1.54, 1.807) is 19.2 Å². The van der Waals surface area contributed by atoms with E-state index in [9.17, 15) is 4.79 Å². The Morgan fingerprint density at radius 2 is 2.38 bits per heavy atom. The lowest BCUT2D eigenvalue weighted by atomic mass is 10.1. The van der Waals surface area contributed by atoms with E-state index < -0.39 is 0 Å². The molecule has 0 atom stereocenters. The molecule has 0 spiro atoms. The predicted molar refractivity (Wildman–Crippen MR) is 59.6 cm³/mol. The molecule has 1 aromatic rings. The summed E-state index contributed by atoms with van der Waals surface area (Å²) < 4.78 is 0. The predicted octanol–water partition coefficient (Wildman–Crippen LogP) is 1.14. The molecule has 0 bridgehead atoms. The number of carbonyl (C=O) groups excluding carboxylic acids is 1. The number of aryl methyl sites for hydroxylation is 1. The van der Waals surface area contributed by atoms with Gasteiger partial charge >= 0.3 is 0 Å². The Bertz CT molecular complexity index is 400. The van der Waals surface area contributed by atoms with Crippen LogP contribution in [-0.2, 0) is 4.84 Å². The van der Waals surface area contributed by atoms with Gasteiger partial charge in [0.05, 0.1) is 29.7 Å². The number of rotatable bonds is 1. The van der Waals surface area contributed by atoms with Gasteiger partial charge in [-0.3, -0.25) is 14.6 Å². The first-order valence-electron chi connectivity index (χ1n) is 5.35. The van der Waals surface area contributed by atoms with Crippen LogP contribution in [0, 0.1) is 6.92 Å². The fraction of sp³-hybridized carbons (Fsp3) is 0.455. The van der Waals surface area contributed by atoms with Crippen LogP contribution in [0.15, 0.2) is 12.3 Å². The Morgan fingerprint density at radius 3 is 3.06 bits per heavy atom. The lowest BCUT2D eigenvalue weighted by Gasteiger charge is -2.26. The van der Waals surface area contributed by atoms with Gasteiger partial charge in [0, 0.05) is 6.54 Å². The second-order valence-corrected chi connectivity index (χ2v) is 3.85. The first-order chi connectivity index (χ1) is 7.68. The summed E-state index contributed by atoms with van der Waals surface area (Å²) >= 11 is 0. The molecule has 0 saturated carbocycles. The van der Waals surface area contributed by atoms with Gasteiger partial charge in [0.2, 0.25) is 0 Å². The molecule has 0 radical (unpaired) electrons. The summed E-state index contributed by atoms with van der Waals surface area (Å²) in [7, 11) is 0. The summed E-state index contributed by atoms with van der Waals surface area (Å²) in [5, 5.41) is 1.40. The molecule has 86 valence electrons. The Balaban J connectivity index is 2.22. The van der Waals surface area contributed by atoms with Crippen molar-refractivity contribution in [1.29, 1.82) is 0 Å². The van der Waals surface area contributed by atoms with Crippen molar-refractivity contribution >= 4 is 11.6 Å². The molecule has 1 aromatic heterocycles. The smallest absolute Gasteiger partial charge is 0.279 e. The summed E-state index contributed by atoms with van der Waals surface area (Å²) in [5.41, 5.74) is 7.30. The molecule has 2 heterocycles. The number of hydroxylamine groups is 2. The number of hydrogen-bond acceptors (Lipinski definition) is 4. The van der Waals surface area contributed by atoms with Crippen LogP contribution in [0.25, 0.3) is 0 Å². The van der Waals surface area contributed by atoms with Crippen molar-refractivity contribution in [3.63, 3.8) is 0 Å². The van der Waals surface area contributed by atoms with Crippen LogP contribution in [-0.4, -0.2) is 29.1 Å². The van der Waals surface area contributed by atoms with Gasteiger partial charge in [0.25, 0.3) is 5.91 Å². The van der Waals surface area contributed by atoms with Crippen LogP contribution in [0.4, 0.5) is 5.69 Å². The van der Waals surface area contributed by atoms with Crippen LogP contribution < -0.4 is 5.73 Å². The van der Waals surface area contributed by atoms with Gasteiger partial charge in [0.15, 0.2) is 0 Å². The van der Waals surface area contributed by atoms with Gasteiger partial charge in [-0.05, 0) is 25.8 Å². The van der Waals surface area contributed by atoms with E-state index in [0.717, 1.165) is 12.8 Å². The second-order valence-electron chi connectivity index (χ2n) is 3.85. The van der Waals surface area contributed by atoms with Gasteiger partial charge in [-0.25, -0.2) is 5.06 Å². The molecule has 1 saturated heterocycles. The number of anilines is 1. The SMILES string of the molecule is Cc1ncc(N)cc1C(=O)N1CCCCO1. The standard InChI is InChI=1S/C11H15N3O2/c1-8-10(6-9(12)7-13-8)11(15)14-4-2-3-5-16-14/h6-7H,2-5,12H2,1H3. The number of pyridine rings is 1. The number of nitrogen functional groups attached to an aromatic ring is 1. The molecular formula is C11H15N3O2. The van der Waals surface area contributed by atoms with Gasteiger partial charge in [-0.2, -0.15) is 0 Å². The minimum atomic E-state index is -0.156. The Labute approximate surface area is 94.2 Å². The molecule has 16 heavy (non-hydrogen) atoms. The largest absolute Gasteiger partial charge is 0.397 e. The average molecular weight is 221 g/mol. The molecule has 0 aliphatic carbocycles. The fourth-order valence-corrected chi connectivity index (χ4v) is 1.66. The Hall–Kier alpha value is -1.62. The molecule has 0 unspecified atom stereocenters. The summed E-state index contributed by atoms with van der Waals surface area (Å²) in [6.45, 7) is 3.02. The maximum absolute atomic E-state index is 12.1. The Morgan fingerprint density at radius 1 is 1.56 bits per heavy atom. The number of amides is 1. The van der Waals surface area contributed by atoms with E-state index in [2.05, 4.69) is 4.98 Å². The van der Waals surface area contributed by atoms with Crippen molar-refractivity contribution < 1.29 is 9.63 Å². The van der Waals surface area contributed by atoms with Crippen molar-refractivity contribution in [2.45, 2.75) is 19.8 Å². The molecule has 2 rings (SSSR count). The zero-order valence-corrected chi connectivity index (χ0v) is 9.27. The van der Waals surface area contributed by atoms with Gasteiger partial charge in [-0.15, -0.1) is 0 Å². The first-order valence-corrected chi connectivity index (χ1v) is 5.35. The van der Waals surface area contributed by atoms with E-state index in [-0.39, 0.29) is 5.91 Å². The minimum absolute atomic E-state index is 0.156. The van der Waals surface area contributed by atoms with E-state index in [0.29, 0.717) is 30.1 Å². The van der Waals surface area contributed by atoms with Crippen LogP contribution >= 0.6 is 0 Å². The van der Waals surface area contributed by atoms with Crippen molar-refractivity contribution in [3.05, 3.63) is 23.5 Å². The number of hydrogen-bond donors (Lipinski definition) is 1. The van der Waals surface area contributed by atoms with Crippen LogP contribution in [0.5, 0.6) is 0 Å². The molecule has 5 heteroatoms. The second kappa shape index (κ2) is 4.49. The number of aromatic nitrogens is 1. The third kappa shape index (κ3) is 2.14. The van der Waals surface area contributed by atoms with Crippen molar-refractivity contribution in [3.8, 4) is 0 Å². The van der Waals surface area contributed by atoms with Gasteiger partial charge in [-0.1, -0.05) is 0 Å². The van der Waals surface area contributed by atoms with Crippen molar-refractivity contribution in [2.75, 3.05) is 18.9 Å². The van der Waals surface area contributed by atoms with Crippen LogP contribution in [0.2, 0.25) is 0 Å². The van der Waals surface area contributed by atoms with E-state index in [4.69, 9.17) is 10.6 Å². The van der Waals surface area contributed by atoms with Crippen LogP contribution in [0.3, 0.4) is 0 Å². The normalized spacial score (nSPS) is 16.2. The lowest BCUT2D eigenvalue weighted by Crippen LogP contribution is -2.36. The number of carbonyl (C=O) groups is 1. The van der Waals surface area contributed by atoms with Crippen molar-refractivity contribution in [2.24, 2.45) is 0 Å². The summed E-state index contributed by atoms with van der Waals surface area (Å²) in [4.78, 5) is 21.4. The third-order valence-electron chi connectivity index (χ3n) is 2.57. The minimum Gasteiger partial charge on any atom is -0.397 e. The lowest BCUT2D eigenvalue weighted by molar-refractivity contribution is -0.144. The first kappa shape index (κ1) is 10.9. The number of nitrogens with two attached hydrogens (primary N) is 1. The molecule has 1 aliphatic rings. The fourth-order valence-electron chi connectivity index (χ4n) is 1.66. The van der Waals surface area contributed by atoms with E-state index in [1.807, 2.05) is 0 Å². The quantitative estimate of drug-likeness (QED) is 0.772. The van der Waals surface area contributed by atoms with Crippen LogP contribution in [0.1, 0.15) is 28.9 Å². The zero-order chi connectivity index (χ0) is 11.5.